The van der Waals surface area contributed by atoms with E-state index in [0.29, 0.717) is 17.7 Å². The highest BCUT2D eigenvalue weighted by atomic mass is 32.2. The summed E-state index contributed by atoms with van der Waals surface area (Å²) in [6.07, 6.45) is 1.82. The van der Waals surface area contributed by atoms with Gasteiger partial charge in [0.1, 0.15) is 11.6 Å². The number of hydrogen-bond acceptors (Lipinski definition) is 4. The molecule has 1 aromatic heterocycles. The lowest BCUT2D eigenvalue weighted by atomic mass is 10.0. The Balaban J connectivity index is 1.65. The van der Waals surface area contributed by atoms with Crippen molar-refractivity contribution in [3.8, 4) is 11.1 Å². The van der Waals surface area contributed by atoms with Gasteiger partial charge in [0.25, 0.3) is 5.91 Å². The Hall–Kier alpha value is -2.93. The summed E-state index contributed by atoms with van der Waals surface area (Å²) in [5.41, 5.74) is 1.43. The van der Waals surface area contributed by atoms with Gasteiger partial charge in [0, 0.05) is 6.04 Å². The lowest BCUT2D eigenvalue weighted by Crippen LogP contribution is -2.40. The molecular formula is C22H20FNO4S. The summed E-state index contributed by atoms with van der Waals surface area (Å²) in [4.78, 5) is 14.6. The third-order valence-corrected chi connectivity index (χ3v) is 6.87. The molecule has 1 aliphatic rings. The topological polar surface area (TPSA) is 67.6 Å². The van der Waals surface area contributed by atoms with E-state index in [0.717, 1.165) is 5.56 Å². The van der Waals surface area contributed by atoms with Crippen LogP contribution in [0.15, 0.2) is 71.3 Å². The Kier molecular flexibility index (Phi) is 5.24. The summed E-state index contributed by atoms with van der Waals surface area (Å²) >= 11 is 0. The second kappa shape index (κ2) is 7.83. The molecular weight excluding hydrogens is 393 g/mol. The van der Waals surface area contributed by atoms with E-state index < -0.39 is 27.6 Å². The molecule has 0 bridgehead atoms. The van der Waals surface area contributed by atoms with Gasteiger partial charge >= 0.3 is 0 Å². The third kappa shape index (κ3) is 4.24. The molecule has 0 saturated carbocycles. The van der Waals surface area contributed by atoms with Crippen LogP contribution in [0.3, 0.4) is 0 Å². The standard InChI is InChI=1S/C22H20FNO4S/c23-21-13-17(16-5-2-1-3-6-16)8-9-20(21)22(25)24(14-19-7-4-11-28-19)18-10-12-29(26,27)15-18/h1-9,11,13,18H,10,12,14-15H2/t18-/m0/s1. The summed E-state index contributed by atoms with van der Waals surface area (Å²) in [5, 5.41) is 0. The summed E-state index contributed by atoms with van der Waals surface area (Å²) in [7, 11) is -3.21. The lowest BCUT2D eigenvalue weighted by molar-refractivity contribution is 0.0661. The highest BCUT2D eigenvalue weighted by molar-refractivity contribution is 7.91. The number of carbonyl (C=O) groups excluding carboxylic acids is 1. The SMILES string of the molecule is O=C(c1ccc(-c2ccccc2)cc1F)N(Cc1ccco1)[C@H]1CCS(=O)(=O)C1. The maximum atomic E-state index is 14.9. The van der Waals surface area contributed by atoms with Gasteiger partial charge < -0.3 is 9.32 Å². The third-order valence-electron chi connectivity index (χ3n) is 5.12. The van der Waals surface area contributed by atoms with Crippen molar-refractivity contribution < 1.29 is 22.0 Å². The molecule has 0 unspecified atom stereocenters. The molecule has 29 heavy (non-hydrogen) atoms. The number of carbonyl (C=O) groups is 1. The van der Waals surface area contributed by atoms with Gasteiger partial charge in [-0.05, 0) is 41.8 Å². The number of sulfone groups is 1. The fraction of sp³-hybridized carbons (Fsp3) is 0.227. The Morgan fingerprint density at radius 1 is 1.07 bits per heavy atom. The van der Waals surface area contributed by atoms with Crippen LogP contribution in [0.4, 0.5) is 4.39 Å². The summed E-state index contributed by atoms with van der Waals surface area (Å²) < 4.78 is 44.1. The van der Waals surface area contributed by atoms with Gasteiger partial charge in [-0.15, -0.1) is 0 Å². The van der Waals surface area contributed by atoms with E-state index >= 15 is 0 Å². The number of benzene rings is 2. The van der Waals surface area contributed by atoms with E-state index in [-0.39, 0.29) is 23.6 Å². The number of hydrogen-bond donors (Lipinski definition) is 0. The molecule has 150 valence electrons. The predicted octanol–water partition coefficient (Wildman–Crippen LogP) is 3.92. The number of furan rings is 1. The highest BCUT2D eigenvalue weighted by Gasteiger charge is 2.36. The Labute approximate surface area is 168 Å². The molecule has 1 aliphatic heterocycles. The first kappa shape index (κ1) is 19.4. The van der Waals surface area contributed by atoms with Gasteiger partial charge in [-0.3, -0.25) is 4.79 Å². The Morgan fingerprint density at radius 2 is 1.86 bits per heavy atom. The summed E-state index contributed by atoms with van der Waals surface area (Å²) in [6.45, 7) is 0.0892. The second-order valence-electron chi connectivity index (χ2n) is 7.13. The van der Waals surface area contributed by atoms with Crippen LogP contribution in [0.2, 0.25) is 0 Å². The van der Waals surface area contributed by atoms with Crippen molar-refractivity contribution in [1.82, 2.24) is 4.90 Å². The van der Waals surface area contributed by atoms with Crippen LogP contribution in [0.5, 0.6) is 0 Å². The van der Waals surface area contributed by atoms with Crippen molar-refractivity contribution in [3.63, 3.8) is 0 Å². The first-order valence-electron chi connectivity index (χ1n) is 9.32. The molecule has 2 aromatic carbocycles. The predicted molar refractivity (Wildman–Crippen MR) is 107 cm³/mol. The average molecular weight is 413 g/mol. The van der Waals surface area contributed by atoms with Gasteiger partial charge in [0.05, 0.1) is 29.9 Å². The van der Waals surface area contributed by atoms with Gasteiger partial charge in [-0.2, -0.15) is 0 Å². The number of rotatable bonds is 5. The molecule has 0 spiro atoms. The van der Waals surface area contributed by atoms with Gasteiger partial charge in [0.15, 0.2) is 9.84 Å². The molecule has 3 aromatic rings. The summed E-state index contributed by atoms with van der Waals surface area (Å²) in [5.74, 6) is -0.760. The van der Waals surface area contributed by atoms with Crippen LogP contribution in [-0.4, -0.2) is 36.8 Å². The Morgan fingerprint density at radius 3 is 2.48 bits per heavy atom. The molecule has 1 amide bonds. The normalized spacial score (nSPS) is 17.9. The zero-order valence-corrected chi connectivity index (χ0v) is 16.4. The van der Waals surface area contributed by atoms with Crippen molar-refractivity contribution in [3.05, 3.63) is 84.1 Å². The van der Waals surface area contributed by atoms with Crippen molar-refractivity contribution in [2.75, 3.05) is 11.5 Å². The molecule has 2 heterocycles. The quantitative estimate of drug-likeness (QED) is 0.636. The zero-order chi connectivity index (χ0) is 20.4. The fourth-order valence-corrected chi connectivity index (χ4v) is 5.34. The molecule has 1 fully saturated rings. The monoisotopic (exact) mass is 413 g/mol. The lowest BCUT2D eigenvalue weighted by Gasteiger charge is -2.27. The van der Waals surface area contributed by atoms with Gasteiger partial charge in [-0.25, -0.2) is 12.8 Å². The van der Waals surface area contributed by atoms with Crippen LogP contribution in [0.25, 0.3) is 11.1 Å². The van der Waals surface area contributed by atoms with Crippen LogP contribution in [0.1, 0.15) is 22.5 Å². The Bertz CT molecular complexity index is 1110. The van der Waals surface area contributed by atoms with E-state index in [1.807, 2.05) is 30.3 Å². The minimum Gasteiger partial charge on any atom is -0.467 e. The van der Waals surface area contributed by atoms with Crippen molar-refractivity contribution in [2.45, 2.75) is 19.0 Å². The van der Waals surface area contributed by atoms with E-state index in [1.54, 1.807) is 18.2 Å². The number of nitrogens with zero attached hydrogens (tertiary/aromatic N) is 1. The average Bonchev–Trinajstić information content (AvgIpc) is 3.35. The first-order chi connectivity index (χ1) is 13.9. The van der Waals surface area contributed by atoms with E-state index in [4.69, 9.17) is 4.42 Å². The number of halogens is 1. The maximum absolute atomic E-state index is 14.9. The second-order valence-corrected chi connectivity index (χ2v) is 9.36. The van der Waals surface area contributed by atoms with Crippen molar-refractivity contribution in [2.24, 2.45) is 0 Å². The maximum Gasteiger partial charge on any atom is 0.257 e. The first-order valence-corrected chi connectivity index (χ1v) is 11.1. The molecule has 0 aliphatic carbocycles. The van der Waals surface area contributed by atoms with E-state index in [9.17, 15) is 17.6 Å². The largest absolute Gasteiger partial charge is 0.467 e. The molecule has 4 rings (SSSR count). The van der Waals surface area contributed by atoms with Gasteiger partial charge in [-0.1, -0.05) is 36.4 Å². The molecule has 1 atom stereocenters. The van der Waals surface area contributed by atoms with Gasteiger partial charge in [0.2, 0.25) is 0 Å². The molecule has 0 N–H and O–H groups in total. The minimum atomic E-state index is -3.21. The molecule has 0 radical (unpaired) electrons. The van der Waals surface area contributed by atoms with Crippen LogP contribution < -0.4 is 0 Å². The van der Waals surface area contributed by atoms with E-state index in [1.165, 1.54) is 23.3 Å². The fourth-order valence-electron chi connectivity index (χ4n) is 3.61. The smallest absolute Gasteiger partial charge is 0.257 e. The van der Waals surface area contributed by atoms with Crippen LogP contribution >= 0.6 is 0 Å². The van der Waals surface area contributed by atoms with Crippen LogP contribution in [0, 0.1) is 5.82 Å². The van der Waals surface area contributed by atoms with E-state index in [2.05, 4.69) is 0 Å². The van der Waals surface area contributed by atoms with Crippen LogP contribution in [-0.2, 0) is 16.4 Å². The van der Waals surface area contributed by atoms with Crippen molar-refractivity contribution >= 4 is 15.7 Å². The highest BCUT2D eigenvalue weighted by Crippen LogP contribution is 2.26. The molecule has 7 heteroatoms. The molecule has 5 nitrogen and oxygen atoms in total. The summed E-state index contributed by atoms with van der Waals surface area (Å²) in [6, 6.07) is 16.7. The molecule has 1 saturated heterocycles. The van der Waals surface area contributed by atoms with Crippen molar-refractivity contribution in [1.29, 1.82) is 0 Å². The minimum absolute atomic E-state index is 0.0228. The zero-order valence-electron chi connectivity index (χ0n) is 15.6. The number of amides is 1.